The molecule has 3 aliphatic rings. The van der Waals surface area contributed by atoms with Crippen LogP contribution in [0.2, 0.25) is 0 Å². The van der Waals surface area contributed by atoms with E-state index in [0.717, 1.165) is 11.4 Å². The lowest BCUT2D eigenvalue weighted by Gasteiger charge is -2.13. The van der Waals surface area contributed by atoms with Crippen molar-refractivity contribution in [3.8, 4) is 11.8 Å². The van der Waals surface area contributed by atoms with Crippen molar-refractivity contribution in [2.45, 2.75) is 6.42 Å². The summed E-state index contributed by atoms with van der Waals surface area (Å²) in [6.07, 6.45) is 6.44. The SMILES string of the molecule is N#CCOc1ccccc1/C=N\N1C(=O)[C@H]2[C@H](C1=O)[C@H]1C=C[C@H]2C1. The predicted octanol–water partition coefficient (Wildman–Crippen LogP) is 1.73. The first-order valence-electron chi connectivity index (χ1n) is 7.89. The number of nitriles is 1. The van der Waals surface area contributed by atoms with Gasteiger partial charge in [-0.3, -0.25) is 9.59 Å². The Bertz CT molecular complexity index is 778. The van der Waals surface area contributed by atoms with Crippen LogP contribution in [-0.4, -0.2) is 29.6 Å². The van der Waals surface area contributed by atoms with Crippen LogP contribution in [0.15, 0.2) is 41.5 Å². The van der Waals surface area contributed by atoms with Gasteiger partial charge in [-0.25, -0.2) is 0 Å². The zero-order valence-corrected chi connectivity index (χ0v) is 12.8. The number of fused-ring (bicyclic) bond motifs is 5. The van der Waals surface area contributed by atoms with Gasteiger partial charge in [0, 0.05) is 5.56 Å². The third-order valence-corrected chi connectivity index (χ3v) is 4.97. The van der Waals surface area contributed by atoms with Crippen molar-refractivity contribution in [1.29, 1.82) is 5.26 Å². The van der Waals surface area contributed by atoms with Crippen LogP contribution >= 0.6 is 0 Å². The number of para-hydroxylation sites is 1. The maximum absolute atomic E-state index is 12.5. The van der Waals surface area contributed by atoms with Crippen molar-refractivity contribution >= 4 is 18.0 Å². The van der Waals surface area contributed by atoms with E-state index in [-0.39, 0.29) is 42.1 Å². The molecule has 0 aromatic heterocycles. The van der Waals surface area contributed by atoms with Crippen molar-refractivity contribution in [3.63, 3.8) is 0 Å². The molecule has 120 valence electrons. The van der Waals surface area contributed by atoms with E-state index in [2.05, 4.69) is 17.3 Å². The number of carbonyl (C=O) groups is 2. The van der Waals surface area contributed by atoms with Crippen LogP contribution in [0.25, 0.3) is 0 Å². The van der Waals surface area contributed by atoms with Gasteiger partial charge in [0.05, 0.1) is 18.1 Å². The van der Waals surface area contributed by atoms with Gasteiger partial charge >= 0.3 is 0 Å². The quantitative estimate of drug-likeness (QED) is 0.480. The van der Waals surface area contributed by atoms with Crippen LogP contribution in [0.1, 0.15) is 12.0 Å². The number of ether oxygens (including phenoxy) is 1. The minimum atomic E-state index is -0.255. The van der Waals surface area contributed by atoms with Crippen molar-refractivity contribution < 1.29 is 14.3 Å². The first kappa shape index (κ1) is 14.6. The summed E-state index contributed by atoms with van der Waals surface area (Å²) in [5.41, 5.74) is 0.617. The van der Waals surface area contributed by atoms with Crippen molar-refractivity contribution in [2.24, 2.45) is 28.8 Å². The van der Waals surface area contributed by atoms with E-state index in [9.17, 15) is 9.59 Å². The fourth-order valence-electron chi connectivity index (χ4n) is 3.95. The second-order valence-corrected chi connectivity index (χ2v) is 6.22. The van der Waals surface area contributed by atoms with Gasteiger partial charge in [-0.1, -0.05) is 24.3 Å². The predicted molar refractivity (Wildman–Crippen MR) is 84.7 cm³/mol. The number of amides is 2. The molecule has 2 fully saturated rings. The standard InChI is InChI=1S/C18H15N3O3/c19-7-8-24-14-4-2-1-3-13(14)10-20-21-17(22)15-11-5-6-12(9-11)16(15)18(21)23/h1-6,10-12,15-16H,8-9H2/b20-10-/t11-,12-,15+,16+/m0/s1. The zero-order valence-electron chi connectivity index (χ0n) is 12.8. The topological polar surface area (TPSA) is 82.8 Å². The van der Waals surface area contributed by atoms with E-state index in [1.54, 1.807) is 24.3 Å². The molecule has 1 saturated heterocycles. The Kier molecular flexibility index (Phi) is 3.42. The normalized spacial score (nSPS) is 30.2. The number of hydrogen-bond acceptors (Lipinski definition) is 5. The van der Waals surface area contributed by atoms with Crippen LogP contribution in [0.4, 0.5) is 0 Å². The summed E-state index contributed by atoms with van der Waals surface area (Å²) in [6, 6.07) is 8.96. The number of allylic oxidation sites excluding steroid dienone is 2. The fraction of sp³-hybridized carbons (Fsp3) is 0.333. The number of rotatable bonds is 4. The van der Waals surface area contributed by atoms with Gasteiger partial charge in [-0.05, 0) is 30.4 Å². The molecule has 1 aliphatic heterocycles. The molecule has 4 rings (SSSR count). The van der Waals surface area contributed by atoms with Crippen LogP contribution in [-0.2, 0) is 9.59 Å². The van der Waals surface area contributed by atoms with Crippen LogP contribution in [0, 0.1) is 35.0 Å². The Hall–Kier alpha value is -2.94. The minimum Gasteiger partial charge on any atom is -0.478 e. The summed E-state index contributed by atoms with van der Waals surface area (Å²) in [5.74, 6) is -0.110. The molecule has 0 radical (unpaired) electrons. The number of benzene rings is 1. The van der Waals surface area contributed by atoms with Gasteiger partial charge in [0.2, 0.25) is 0 Å². The van der Waals surface area contributed by atoms with Gasteiger partial charge < -0.3 is 4.74 Å². The maximum atomic E-state index is 12.5. The first-order chi connectivity index (χ1) is 11.7. The Morgan fingerprint density at radius 1 is 1.21 bits per heavy atom. The van der Waals surface area contributed by atoms with E-state index in [0.29, 0.717) is 11.3 Å². The molecule has 2 aliphatic carbocycles. The van der Waals surface area contributed by atoms with Gasteiger partial charge in [-0.2, -0.15) is 15.4 Å². The van der Waals surface area contributed by atoms with Crippen LogP contribution in [0.3, 0.4) is 0 Å². The number of carbonyl (C=O) groups excluding carboxylic acids is 2. The van der Waals surface area contributed by atoms with Gasteiger partial charge in [0.25, 0.3) is 11.8 Å². The molecule has 1 aromatic carbocycles. The Morgan fingerprint density at radius 3 is 2.54 bits per heavy atom. The molecular formula is C18H15N3O3. The van der Waals surface area contributed by atoms with E-state index >= 15 is 0 Å². The highest BCUT2D eigenvalue weighted by atomic mass is 16.5. The third kappa shape index (κ3) is 2.13. The number of hydrogen-bond donors (Lipinski definition) is 0. The molecule has 4 atom stereocenters. The van der Waals surface area contributed by atoms with E-state index in [1.165, 1.54) is 6.21 Å². The summed E-state index contributed by atoms with van der Waals surface area (Å²) in [4.78, 5) is 25.1. The molecule has 1 aromatic rings. The fourth-order valence-corrected chi connectivity index (χ4v) is 3.95. The highest BCUT2D eigenvalue weighted by Gasteiger charge is 2.59. The second-order valence-electron chi connectivity index (χ2n) is 6.22. The highest BCUT2D eigenvalue weighted by Crippen LogP contribution is 2.52. The van der Waals surface area contributed by atoms with E-state index in [4.69, 9.17) is 10.00 Å². The molecule has 1 heterocycles. The lowest BCUT2D eigenvalue weighted by atomic mass is 9.85. The van der Waals surface area contributed by atoms with Crippen molar-refractivity contribution in [2.75, 3.05) is 6.61 Å². The second kappa shape index (κ2) is 5.60. The van der Waals surface area contributed by atoms with Gasteiger partial charge in [-0.15, -0.1) is 0 Å². The monoisotopic (exact) mass is 321 g/mol. The summed E-state index contributed by atoms with van der Waals surface area (Å²) >= 11 is 0. The van der Waals surface area contributed by atoms with Crippen molar-refractivity contribution in [3.05, 3.63) is 42.0 Å². The molecule has 0 N–H and O–H groups in total. The van der Waals surface area contributed by atoms with Crippen LogP contribution < -0.4 is 4.74 Å². The Balaban J connectivity index is 1.57. The third-order valence-electron chi connectivity index (χ3n) is 4.97. The first-order valence-corrected chi connectivity index (χ1v) is 7.89. The van der Waals surface area contributed by atoms with E-state index in [1.807, 2.05) is 6.07 Å². The Labute approximate surface area is 139 Å². The highest BCUT2D eigenvalue weighted by molar-refractivity contribution is 6.06. The zero-order chi connectivity index (χ0) is 16.7. The molecule has 2 amide bonds. The summed E-state index contributed by atoms with van der Waals surface area (Å²) in [5, 5.41) is 13.8. The molecule has 1 saturated carbocycles. The summed E-state index contributed by atoms with van der Waals surface area (Å²) < 4.78 is 5.32. The molecule has 24 heavy (non-hydrogen) atoms. The molecular weight excluding hydrogens is 306 g/mol. The molecule has 6 nitrogen and oxygen atoms in total. The average molecular weight is 321 g/mol. The molecule has 0 spiro atoms. The molecule has 6 heteroatoms. The maximum Gasteiger partial charge on any atom is 0.254 e. The number of hydrazone groups is 1. The molecule has 2 bridgehead atoms. The molecule has 0 unspecified atom stereocenters. The van der Waals surface area contributed by atoms with Crippen molar-refractivity contribution in [1.82, 2.24) is 5.01 Å². The lowest BCUT2D eigenvalue weighted by molar-refractivity contribution is -0.140. The largest absolute Gasteiger partial charge is 0.478 e. The number of imide groups is 1. The minimum absolute atomic E-state index is 0.0778. The van der Waals surface area contributed by atoms with Crippen LogP contribution in [0.5, 0.6) is 5.75 Å². The smallest absolute Gasteiger partial charge is 0.254 e. The van der Waals surface area contributed by atoms with Gasteiger partial charge in [0.1, 0.15) is 11.8 Å². The lowest BCUT2D eigenvalue weighted by Crippen LogP contribution is -2.28. The number of nitrogens with zero attached hydrogens (tertiary/aromatic N) is 3. The Morgan fingerprint density at radius 2 is 1.88 bits per heavy atom. The van der Waals surface area contributed by atoms with E-state index < -0.39 is 0 Å². The summed E-state index contributed by atoms with van der Waals surface area (Å²) in [7, 11) is 0. The average Bonchev–Trinajstić information content (AvgIpc) is 3.27. The van der Waals surface area contributed by atoms with Gasteiger partial charge in [0.15, 0.2) is 6.61 Å². The summed E-state index contributed by atoms with van der Waals surface area (Å²) in [6.45, 7) is -0.0778.